The van der Waals surface area contributed by atoms with E-state index in [1.807, 2.05) is 0 Å². The van der Waals surface area contributed by atoms with Gasteiger partial charge in [-0.3, -0.25) is 29.8 Å². The van der Waals surface area contributed by atoms with Crippen LogP contribution in [-0.4, -0.2) is 99.8 Å². The minimum Gasteiger partial charge on any atom is -0.493 e. The highest BCUT2D eigenvalue weighted by molar-refractivity contribution is 7.99. The lowest BCUT2D eigenvalue weighted by atomic mass is 10.00. The second-order valence-electron chi connectivity index (χ2n) is 14.9. The lowest BCUT2D eigenvalue weighted by molar-refractivity contribution is -0.385. The Labute approximate surface area is 397 Å². The largest absolute Gasteiger partial charge is 0.493 e. The number of esters is 2. The molecule has 4 aromatic carbocycles. The van der Waals surface area contributed by atoms with E-state index < -0.39 is 56.2 Å². The smallest absolute Gasteiger partial charge is 0.329 e. The van der Waals surface area contributed by atoms with Crippen LogP contribution in [0.25, 0.3) is 0 Å². The van der Waals surface area contributed by atoms with E-state index in [1.54, 1.807) is 72.8 Å². The summed E-state index contributed by atoms with van der Waals surface area (Å²) in [6.45, 7) is 0. The van der Waals surface area contributed by atoms with Gasteiger partial charge in [0.25, 0.3) is 23.2 Å². The maximum atomic E-state index is 13.1. The number of nitro benzene ring substituents is 2. The van der Waals surface area contributed by atoms with Crippen molar-refractivity contribution in [1.29, 1.82) is 0 Å². The topological polar surface area (TPSA) is 234 Å². The maximum absolute atomic E-state index is 13.1. The van der Waals surface area contributed by atoms with Crippen LogP contribution in [0.4, 0.5) is 11.4 Å². The average Bonchev–Trinajstić information content (AvgIpc) is 3.35. The SMILES string of the molecule is COC(=O)[C@H](CSC(CCCCCCCC(SC[C@H](NC(=O)c1ccccc1)C(=O)OC)c1cc(OC)c(OC)cc1[N+](=O)[O-])c1cc(OC)c(OC)cc1[N+](=O)[O-])NC(=O)c1ccccc1. The fourth-order valence-corrected chi connectivity index (χ4v) is 9.85. The molecule has 0 heterocycles. The third kappa shape index (κ3) is 15.3. The number of amides is 2. The van der Waals surface area contributed by atoms with Gasteiger partial charge in [-0.1, -0.05) is 68.5 Å². The molecule has 0 aliphatic heterocycles. The number of nitrogens with zero attached hydrogens (tertiary/aromatic N) is 2. The van der Waals surface area contributed by atoms with Crippen molar-refractivity contribution in [3.05, 3.63) is 127 Å². The first-order valence-electron chi connectivity index (χ1n) is 21.2. The Hall–Kier alpha value is -6.54. The number of nitro groups is 2. The zero-order chi connectivity index (χ0) is 48.9. The molecule has 4 atom stereocenters. The summed E-state index contributed by atoms with van der Waals surface area (Å²) in [7, 11) is 8.04. The molecule has 0 saturated carbocycles. The summed E-state index contributed by atoms with van der Waals surface area (Å²) in [6, 6.07) is 20.4. The van der Waals surface area contributed by atoms with Gasteiger partial charge in [0, 0.05) is 44.3 Å². The zero-order valence-corrected chi connectivity index (χ0v) is 39.8. The molecule has 0 saturated heterocycles. The summed E-state index contributed by atoms with van der Waals surface area (Å²) in [4.78, 5) is 75.9. The highest BCUT2D eigenvalue weighted by Crippen LogP contribution is 2.46. The molecular formula is C47H56N4O14S2. The lowest BCUT2D eigenvalue weighted by Crippen LogP contribution is -2.43. The first-order chi connectivity index (χ1) is 32.3. The van der Waals surface area contributed by atoms with Crippen LogP contribution in [-0.2, 0) is 19.1 Å². The summed E-state index contributed by atoms with van der Waals surface area (Å²) in [6.07, 6.45) is 4.25. The van der Waals surface area contributed by atoms with Crippen molar-refractivity contribution in [1.82, 2.24) is 10.6 Å². The minimum absolute atomic E-state index is 0.0372. The standard InChI is InChI=1S/C47H56N4O14S2/c1-60-38-24-32(36(50(56)57)26-40(38)62-3)42(66-28-34(46(54)64-5)48-44(52)30-18-12-10-13-19-30)22-16-8-7-9-17-23-43(33-25-39(61-2)41(63-4)27-37(33)51(58)59)67-29-35(47(55)65-6)49-45(53)31-20-14-11-15-21-31/h10-15,18-21,24-27,34-35,42-43H,7-9,16-17,22-23,28-29H2,1-6H3,(H,48,52)(H,49,53)/t34-,35-,42?,43?/m0/s1. The molecule has 67 heavy (non-hydrogen) atoms. The number of hydrogen-bond acceptors (Lipinski definition) is 16. The Morgan fingerprint density at radius 3 is 1.16 bits per heavy atom. The summed E-state index contributed by atoms with van der Waals surface area (Å²) in [5.74, 6) is -1.31. The van der Waals surface area contributed by atoms with Crippen LogP contribution in [0, 0.1) is 20.2 Å². The Morgan fingerprint density at radius 2 is 0.851 bits per heavy atom. The highest BCUT2D eigenvalue weighted by Gasteiger charge is 2.31. The van der Waals surface area contributed by atoms with Gasteiger partial charge in [0.1, 0.15) is 12.1 Å². The number of carbonyl (C=O) groups is 4. The van der Waals surface area contributed by atoms with E-state index in [0.717, 1.165) is 6.42 Å². The van der Waals surface area contributed by atoms with Gasteiger partial charge in [0.05, 0.1) is 64.6 Å². The predicted molar refractivity (Wildman–Crippen MR) is 255 cm³/mol. The highest BCUT2D eigenvalue weighted by atomic mass is 32.2. The van der Waals surface area contributed by atoms with Crippen LogP contribution >= 0.6 is 23.5 Å². The number of hydrogen-bond donors (Lipinski definition) is 2. The van der Waals surface area contributed by atoms with Crippen molar-refractivity contribution in [3.8, 4) is 23.0 Å². The van der Waals surface area contributed by atoms with Crippen molar-refractivity contribution in [3.63, 3.8) is 0 Å². The van der Waals surface area contributed by atoms with Gasteiger partial charge in [0.15, 0.2) is 23.0 Å². The molecule has 18 nitrogen and oxygen atoms in total. The molecule has 2 unspecified atom stereocenters. The summed E-state index contributed by atoms with van der Waals surface area (Å²) in [5, 5.41) is 29.3. The summed E-state index contributed by atoms with van der Waals surface area (Å²) in [5.41, 5.74) is 1.01. The Morgan fingerprint density at radius 1 is 0.522 bits per heavy atom. The van der Waals surface area contributed by atoms with Crippen LogP contribution in [0.1, 0.15) is 87.3 Å². The summed E-state index contributed by atoms with van der Waals surface area (Å²) >= 11 is 2.54. The zero-order valence-electron chi connectivity index (χ0n) is 38.2. The first-order valence-corrected chi connectivity index (χ1v) is 23.3. The predicted octanol–water partition coefficient (Wildman–Crippen LogP) is 8.46. The molecule has 0 spiro atoms. The van der Waals surface area contributed by atoms with E-state index in [9.17, 15) is 39.4 Å². The van der Waals surface area contributed by atoms with Crippen molar-refractivity contribution in [2.24, 2.45) is 0 Å². The van der Waals surface area contributed by atoms with Crippen LogP contribution in [0.2, 0.25) is 0 Å². The van der Waals surface area contributed by atoms with Gasteiger partial charge in [-0.2, -0.15) is 23.5 Å². The van der Waals surface area contributed by atoms with Crippen molar-refractivity contribution < 1.29 is 57.4 Å². The molecule has 0 aliphatic rings. The fraction of sp³-hybridized carbons (Fsp3) is 0.404. The van der Waals surface area contributed by atoms with E-state index in [1.165, 1.54) is 78.3 Å². The van der Waals surface area contributed by atoms with E-state index in [2.05, 4.69) is 10.6 Å². The van der Waals surface area contributed by atoms with Crippen LogP contribution in [0.15, 0.2) is 84.9 Å². The van der Waals surface area contributed by atoms with Gasteiger partial charge < -0.3 is 39.1 Å². The number of benzene rings is 4. The lowest BCUT2D eigenvalue weighted by Gasteiger charge is -2.22. The molecule has 2 N–H and O–H groups in total. The Kier molecular flexibility index (Phi) is 21.5. The van der Waals surface area contributed by atoms with Crippen molar-refractivity contribution >= 4 is 58.7 Å². The number of thioether (sulfide) groups is 2. The molecule has 0 radical (unpaired) electrons. The molecular weight excluding hydrogens is 909 g/mol. The molecule has 360 valence electrons. The van der Waals surface area contributed by atoms with E-state index in [-0.39, 0.29) is 45.9 Å². The summed E-state index contributed by atoms with van der Waals surface area (Å²) < 4.78 is 31.8. The monoisotopic (exact) mass is 964 g/mol. The van der Waals surface area contributed by atoms with Crippen molar-refractivity contribution in [2.45, 2.75) is 67.5 Å². The minimum atomic E-state index is -1.07. The van der Waals surface area contributed by atoms with Gasteiger partial charge in [-0.05, 0) is 49.2 Å². The third-order valence-electron chi connectivity index (χ3n) is 10.7. The number of nitrogens with one attached hydrogen (secondary N) is 2. The first kappa shape index (κ1) is 53.1. The van der Waals surface area contributed by atoms with Gasteiger partial charge in [-0.15, -0.1) is 0 Å². The molecule has 4 rings (SSSR count). The fourth-order valence-electron chi connectivity index (χ4n) is 7.16. The van der Waals surface area contributed by atoms with E-state index >= 15 is 0 Å². The second-order valence-corrected chi connectivity index (χ2v) is 17.3. The molecule has 20 heteroatoms. The number of rotatable bonds is 28. The normalized spacial score (nSPS) is 12.6. The molecule has 0 aliphatic carbocycles. The molecule has 0 bridgehead atoms. The Balaban J connectivity index is 1.52. The van der Waals surface area contributed by atoms with Gasteiger partial charge in [0.2, 0.25) is 0 Å². The second kappa shape index (κ2) is 27.2. The number of unbranched alkanes of at least 4 members (excludes halogenated alkanes) is 4. The maximum Gasteiger partial charge on any atom is 0.329 e. The molecule has 0 fully saturated rings. The van der Waals surface area contributed by atoms with Crippen LogP contribution in [0.5, 0.6) is 23.0 Å². The number of ether oxygens (including phenoxy) is 6. The molecule has 0 aromatic heterocycles. The van der Waals surface area contributed by atoms with Gasteiger partial charge in [-0.25, -0.2) is 9.59 Å². The van der Waals surface area contributed by atoms with Crippen LogP contribution in [0.3, 0.4) is 0 Å². The number of methoxy groups -OCH3 is 6. The molecule has 2 amide bonds. The van der Waals surface area contributed by atoms with Crippen LogP contribution < -0.4 is 29.6 Å². The number of carbonyl (C=O) groups excluding carboxylic acids is 4. The van der Waals surface area contributed by atoms with Crippen molar-refractivity contribution in [2.75, 3.05) is 54.2 Å². The average molecular weight is 965 g/mol. The Bertz CT molecular complexity index is 2150. The van der Waals surface area contributed by atoms with E-state index in [0.29, 0.717) is 60.8 Å². The van der Waals surface area contributed by atoms with E-state index in [4.69, 9.17) is 28.4 Å². The van der Waals surface area contributed by atoms with Gasteiger partial charge >= 0.3 is 11.9 Å². The molecule has 4 aromatic rings. The quantitative estimate of drug-likeness (QED) is 0.0235. The third-order valence-corrected chi connectivity index (χ3v) is 13.5.